The monoisotopic (exact) mass is 197 g/mol. The Kier molecular flexibility index (Phi) is 1.65. The third-order valence-corrected chi connectivity index (χ3v) is 2.58. The van der Waals surface area contributed by atoms with E-state index in [-0.39, 0.29) is 0 Å². The highest BCUT2D eigenvalue weighted by atomic mass is 15.2. The van der Waals surface area contributed by atoms with Gasteiger partial charge < -0.3 is 4.98 Å². The molecule has 2 heterocycles. The second kappa shape index (κ2) is 2.98. The standard InChI is InChI=1S/C12H11N3/c1-15-8-6-11(14-15)10-4-2-3-9-5-7-13-12(9)10/h2-8,13H,1H3. The van der Waals surface area contributed by atoms with Gasteiger partial charge in [-0.25, -0.2) is 0 Å². The van der Waals surface area contributed by atoms with Crippen molar-refractivity contribution >= 4 is 10.9 Å². The van der Waals surface area contributed by atoms with Gasteiger partial charge in [0.1, 0.15) is 0 Å². The third kappa shape index (κ3) is 1.24. The lowest BCUT2D eigenvalue weighted by atomic mass is 10.1. The number of fused-ring (bicyclic) bond motifs is 1. The summed E-state index contributed by atoms with van der Waals surface area (Å²) in [6, 6.07) is 10.3. The van der Waals surface area contributed by atoms with Crippen LogP contribution in [0.15, 0.2) is 42.7 Å². The molecular weight excluding hydrogens is 186 g/mol. The molecule has 0 bridgehead atoms. The number of nitrogens with one attached hydrogen (secondary N) is 1. The number of rotatable bonds is 1. The largest absolute Gasteiger partial charge is 0.361 e. The lowest BCUT2D eigenvalue weighted by Crippen LogP contribution is -1.88. The van der Waals surface area contributed by atoms with Crippen molar-refractivity contribution in [3.8, 4) is 11.3 Å². The minimum absolute atomic E-state index is 1.01. The molecular formula is C12H11N3. The molecule has 0 unspecified atom stereocenters. The quantitative estimate of drug-likeness (QED) is 0.639. The Balaban J connectivity index is 2.30. The highest BCUT2D eigenvalue weighted by Gasteiger charge is 2.06. The molecule has 1 N–H and O–H groups in total. The first-order valence-corrected chi connectivity index (χ1v) is 4.91. The summed E-state index contributed by atoms with van der Waals surface area (Å²) in [5, 5.41) is 5.63. The van der Waals surface area contributed by atoms with Crippen LogP contribution in [0.5, 0.6) is 0 Å². The van der Waals surface area contributed by atoms with Gasteiger partial charge >= 0.3 is 0 Å². The number of H-pyrrole nitrogens is 1. The molecule has 0 radical (unpaired) electrons. The van der Waals surface area contributed by atoms with Crippen molar-refractivity contribution in [1.82, 2.24) is 14.8 Å². The van der Waals surface area contributed by atoms with Crippen LogP contribution in [0.1, 0.15) is 0 Å². The number of aromatic nitrogens is 3. The molecule has 3 heteroatoms. The average molecular weight is 197 g/mol. The van der Waals surface area contributed by atoms with Crippen LogP contribution in [0.25, 0.3) is 22.2 Å². The van der Waals surface area contributed by atoms with Crippen LogP contribution in [0.2, 0.25) is 0 Å². The molecule has 0 saturated heterocycles. The molecule has 0 fully saturated rings. The van der Waals surface area contributed by atoms with E-state index in [1.165, 1.54) is 5.39 Å². The molecule has 0 amide bonds. The lowest BCUT2D eigenvalue weighted by Gasteiger charge is -1.98. The van der Waals surface area contributed by atoms with Crippen molar-refractivity contribution in [1.29, 1.82) is 0 Å². The molecule has 3 rings (SSSR count). The summed E-state index contributed by atoms with van der Waals surface area (Å²) in [5.41, 5.74) is 3.31. The Morgan fingerprint density at radius 3 is 2.93 bits per heavy atom. The Labute approximate surface area is 87.4 Å². The van der Waals surface area contributed by atoms with E-state index in [0.29, 0.717) is 0 Å². The second-order valence-corrected chi connectivity index (χ2v) is 3.62. The van der Waals surface area contributed by atoms with Crippen LogP contribution in [0.3, 0.4) is 0 Å². The fourth-order valence-electron chi connectivity index (χ4n) is 1.86. The van der Waals surface area contributed by atoms with Crippen molar-refractivity contribution in [2.45, 2.75) is 0 Å². The number of aryl methyl sites for hydroxylation is 1. The molecule has 0 spiro atoms. The molecule has 1 aromatic carbocycles. The maximum atomic E-state index is 4.41. The predicted octanol–water partition coefficient (Wildman–Crippen LogP) is 2.57. The molecule has 74 valence electrons. The Bertz CT molecular complexity index is 604. The van der Waals surface area contributed by atoms with Crippen molar-refractivity contribution in [2.75, 3.05) is 0 Å². The van der Waals surface area contributed by atoms with E-state index < -0.39 is 0 Å². The summed E-state index contributed by atoms with van der Waals surface area (Å²) < 4.78 is 1.82. The number of hydrogen-bond acceptors (Lipinski definition) is 1. The van der Waals surface area contributed by atoms with Gasteiger partial charge in [-0.2, -0.15) is 5.10 Å². The SMILES string of the molecule is Cn1ccc(-c2cccc3cc[nH]c23)n1. The smallest absolute Gasteiger partial charge is 0.0944 e. The number of aromatic amines is 1. The summed E-state index contributed by atoms with van der Waals surface area (Å²) in [4.78, 5) is 3.25. The molecule has 0 aliphatic carbocycles. The molecule has 0 saturated carbocycles. The van der Waals surface area contributed by atoms with Gasteiger partial charge in [-0.3, -0.25) is 4.68 Å². The summed E-state index contributed by atoms with van der Waals surface area (Å²) >= 11 is 0. The molecule has 0 aliphatic rings. The first kappa shape index (κ1) is 8.29. The van der Waals surface area contributed by atoms with Gasteiger partial charge in [0.25, 0.3) is 0 Å². The zero-order chi connectivity index (χ0) is 10.3. The normalized spacial score (nSPS) is 11.0. The topological polar surface area (TPSA) is 33.6 Å². The minimum atomic E-state index is 1.01. The molecule has 3 nitrogen and oxygen atoms in total. The third-order valence-electron chi connectivity index (χ3n) is 2.58. The number of para-hydroxylation sites is 1. The van der Waals surface area contributed by atoms with Gasteiger partial charge in [0, 0.05) is 30.4 Å². The van der Waals surface area contributed by atoms with E-state index in [1.807, 2.05) is 30.2 Å². The summed E-state index contributed by atoms with van der Waals surface area (Å²) in [7, 11) is 1.93. The van der Waals surface area contributed by atoms with E-state index in [0.717, 1.165) is 16.8 Å². The molecule has 0 aliphatic heterocycles. The predicted molar refractivity (Wildman–Crippen MR) is 60.5 cm³/mol. The number of hydrogen-bond donors (Lipinski definition) is 1. The fourth-order valence-corrected chi connectivity index (χ4v) is 1.86. The van der Waals surface area contributed by atoms with Gasteiger partial charge in [-0.15, -0.1) is 0 Å². The maximum Gasteiger partial charge on any atom is 0.0944 e. The fraction of sp³-hybridized carbons (Fsp3) is 0.0833. The van der Waals surface area contributed by atoms with Gasteiger partial charge in [0.15, 0.2) is 0 Å². The van der Waals surface area contributed by atoms with Crippen molar-refractivity contribution in [3.63, 3.8) is 0 Å². The summed E-state index contributed by atoms with van der Waals surface area (Å²) in [6.07, 6.45) is 3.91. The summed E-state index contributed by atoms with van der Waals surface area (Å²) in [6.45, 7) is 0. The van der Waals surface area contributed by atoms with Crippen LogP contribution in [-0.4, -0.2) is 14.8 Å². The zero-order valence-corrected chi connectivity index (χ0v) is 8.44. The average Bonchev–Trinajstić information content (AvgIpc) is 2.84. The Hall–Kier alpha value is -2.03. The van der Waals surface area contributed by atoms with Crippen LogP contribution in [0.4, 0.5) is 0 Å². The van der Waals surface area contributed by atoms with E-state index in [9.17, 15) is 0 Å². The van der Waals surface area contributed by atoms with Gasteiger partial charge in [-0.05, 0) is 12.1 Å². The van der Waals surface area contributed by atoms with Crippen LogP contribution in [0, 0.1) is 0 Å². The van der Waals surface area contributed by atoms with Crippen LogP contribution >= 0.6 is 0 Å². The molecule has 15 heavy (non-hydrogen) atoms. The van der Waals surface area contributed by atoms with Gasteiger partial charge in [0.05, 0.1) is 11.2 Å². The van der Waals surface area contributed by atoms with Crippen LogP contribution < -0.4 is 0 Å². The first-order valence-electron chi connectivity index (χ1n) is 4.91. The molecule has 2 aromatic heterocycles. The van der Waals surface area contributed by atoms with Crippen molar-refractivity contribution in [2.24, 2.45) is 7.05 Å². The minimum Gasteiger partial charge on any atom is -0.361 e. The molecule has 3 aromatic rings. The Morgan fingerprint density at radius 2 is 2.13 bits per heavy atom. The number of benzene rings is 1. The van der Waals surface area contributed by atoms with Crippen molar-refractivity contribution < 1.29 is 0 Å². The second-order valence-electron chi connectivity index (χ2n) is 3.62. The zero-order valence-electron chi connectivity index (χ0n) is 8.44. The van der Waals surface area contributed by atoms with Gasteiger partial charge in [0.2, 0.25) is 0 Å². The highest BCUT2D eigenvalue weighted by molar-refractivity contribution is 5.92. The van der Waals surface area contributed by atoms with E-state index in [4.69, 9.17) is 0 Å². The van der Waals surface area contributed by atoms with Crippen molar-refractivity contribution in [3.05, 3.63) is 42.7 Å². The lowest BCUT2D eigenvalue weighted by molar-refractivity contribution is 0.771. The van der Waals surface area contributed by atoms with Gasteiger partial charge in [-0.1, -0.05) is 18.2 Å². The number of nitrogens with zero attached hydrogens (tertiary/aromatic N) is 2. The maximum absolute atomic E-state index is 4.41. The summed E-state index contributed by atoms with van der Waals surface area (Å²) in [5.74, 6) is 0. The Morgan fingerprint density at radius 1 is 1.20 bits per heavy atom. The van der Waals surface area contributed by atoms with E-state index in [2.05, 4.69) is 34.3 Å². The highest BCUT2D eigenvalue weighted by Crippen LogP contribution is 2.25. The first-order chi connectivity index (χ1) is 7.34. The van der Waals surface area contributed by atoms with Crippen LogP contribution in [-0.2, 0) is 7.05 Å². The van der Waals surface area contributed by atoms with E-state index >= 15 is 0 Å². The molecule has 0 atom stereocenters. The van der Waals surface area contributed by atoms with E-state index in [1.54, 1.807) is 0 Å².